The lowest BCUT2D eigenvalue weighted by molar-refractivity contribution is -0.117. The van der Waals surface area contributed by atoms with E-state index in [4.69, 9.17) is 5.73 Å². The SMILES string of the molecule is CCCCc1nnc(NC(=O)C(N)c2ccc(C)cc2)s1.Cl. The Hall–Kier alpha value is -1.50. The van der Waals surface area contributed by atoms with Crippen molar-refractivity contribution in [3.05, 3.63) is 40.4 Å². The van der Waals surface area contributed by atoms with E-state index < -0.39 is 6.04 Å². The summed E-state index contributed by atoms with van der Waals surface area (Å²) in [4.78, 5) is 12.1. The maximum Gasteiger partial charge on any atom is 0.247 e. The maximum atomic E-state index is 12.1. The molecule has 0 spiro atoms. The summed E-state index contributed by atoms with van der Waals surface area (Å²) in [5, 5.41) is 12.2. The molecule has 1 unspecified atom stereocenters. The lowest BCUT2D eigenvalue weighted by Crippen LogP contribution is -2.27. The summed E-state index contributed by atoms with van der Waals surface area (Å²) in [6.45, 7) is 4.12. The highest BCUT2D eigenvalue weighted by molar-refractivity contribution is 7.15. The van der Waals surface area contributed by atoms with Crippen molar-refractivity contribution in [2.45, 2.75) is 39.2 Å². The minimum atomic E-state index is -0.700. The number of aromatic nitrogens is 2. The third-order valence-electron chi connectivity index (χ3n) is 3.16. The number of aryl methyl sites for hydroxylation is 2. The van der Waals surface area contributed by atoms with Gasteiger partial charge >= 0.3 is 0 Å². The highest BCUT2D eigenvalue weighted by Gasteiger charge is 2.17. The van der Waals surface area contributed by atoms with E-state index in [9.17, 15) is 4.79 Å². The average Bonchev–Trinajstić information content (AvgIpc) is 2.92. The molecule has 2 aromatic rings. The van der Waals surface area contributed by atoms with E-state index in [1.54, 1.807) is 0 Å². The second kappa shape index (κ2) is 8.82. The lowest BCUT2D eigenvalue weighted by Gasteiger charge is -2.11. The third kappa shape index (κ3) is 5.05. The van der Waals surface area contributed by atoms with Gasteiger partial charge in [-0.15, -0.1) is 22.6 Å². The summed E-state index contributed by atoms with van der Waals surface area (Å²) >= 11 is 1.41. The van der Waals surface area contributed by atoms with Crippen molar-refractivity contribution in [2.24, 2.45) is 5.73 Å². The van der Waals surface area contributed by atoms with Crippen LogP contribution in [0.2, 0.25) is 0 Å². The van der Waals surface area contributed by atoms with Gasteiger partial charge in [-0.2, -0.15) is 0 Å². The van der Waals surface area contributed by atoms with E-state index in [-0.39, 0.29) is 18.3 Å². The van der Waals surface area contributed by atoms with Gasteiger partial charge in [0, 0.05) is 6.42 Å². The largest absolute Gasteiger partial charge is 0.316 e. The van der Waals surface area contributed by atoms with Crippen LogP contribution in [0, 0.1) is 6.92 Å². The lowest BCUT2D eigenvalue weighted by atomic mass is 10.1. The molecule has 3 N–H and O–H groups in total. The molecule has 1 heterocycles. The highest BCUT2D eigenvalue weighted by Crippen LogP contribution is 2.19. The average molecular weight is 341 g/mol. The summed E-state index contributed by atoms with van der Waals surface area (Å²) in [6.07, 6.45) is 3.08. The van der Waals surface area contributed by atoms with Gasteiger partial charge in [-0.1, -0.05) is 54.5 Å². The number of benzene rings is 1. The second-order valence-corrected chi connectivity index (χ2v) is 6.04. The fourth-order valence-corrected chi connectivity index (χ4v) is 2.63. The van der Waals surface area contributed by atoms with E-state index in [2.05, 4.69) is 22.4 Å². The van der Waals surface area contributed by atoms with Gasteiger partial charge in [0.2, 0.25) is 11.0 Å². The maximum absolute atomic E-state index is 12.1. The molecular weight excluding hydrogens is 320 g/mol. The number of carbonyl (C=O) groups is 1. The Morgan fingerprint density at radius 3 is 2.64 bits per heavy atom. The number of anilines is 1. The topological polar surface area (TPSA) is 80.9 Å². The predicted molar refractivity (Wildman–Crippen MR) is 92.5 cm³/mol. The summed E-state index contributed by atoms with van der Waals surface area (Å²) < 4.78 is 0. The van der Waals surface area contributed by atoms with Crippen molar-refractivity contribution in [2.75, 3.05) is 5.32 Å². The number of nitrogens with zero attached hydrogens (tertiary/aromatic N) is 2. The zero-order valence-corrected chi connectivity index (χ0v) is 14.3. The number of carbonyl (C=O) groups excluding carboxylic acids is 1. The molecule has 1 aromatic heterocycles. The molecule has 1 aromatic carbocycles. The first-order valence-corrected chi connectivity index (χ1v) is 7.87. The van der Waals surface area contributed by atoms with E-state index in [0.717, 1.165) is 35.4 Å². The second-order valence-electron chi connectivity index (χ2n) is 4.98. The summed E-state index contributed by atoms with van der Waals surface area (Å²) in [7, 11) is 0. The molecule has 22 heavy (non-hydrogen) atoms. The van der Waals surface area contributed by atoms with Crippen LogP contribution in [0.25, 0.3) is 0 Å². The molecule has 2 rings (SSSR count). The molecule has 1 atom stereocenters. The minimum absolute atomic E-state index is 0. The smallest absolute Gasteiger partial charge is 0.247 e. The van der Waals surface area contributed by atoms with Crippen LogP contribution in [-0.2, 0) is 11.2 Å². The van der Waals surface area contributed by atoms with Gasteiger partial charge in [-0.25, -0.2) is 0 Å². The first kappa shape index (κ1) is 18.5. The van der Waals surface area contributed by atoms with E-state index in [1.807, 2.05) is 31.2 Å². The Bertz CT molecular complexity index is 600. The fraction of sp³-hybridized carbons (Fsp3) is 0.400. The first-order valence-electron chi connectivity index (χ1n) is 7.05. The molecule has 0 fully saturated rings. The molecule has 0 aliphatic heterocycles. The number of nitrogens with two attached hydrogens (primary N) is 1. The molecule has 0 saturated carbocycles. The molecule has 0 saturated heterocycles. The van der Waals surface area contributed by atoms with Crippen molar-refractivity contribution < 1.29 is 4.79 Å². The Morgan fingerprint density at radius 1 is 1.32 bits per heavy atom. The summed E-state index contributed by atoms with van der Waals surface area (Å²) in [6, 6.07) is 6.92. The number of hydrogen-bond donors (Lipinski definition) is 2. The molecule has 0 aliphatic rings. The summed E-state index contributed by atoms with van der Waals surface area (Å²) in [5.41, 5.74) is 7.89. The quantitative estimate of drug-likeness (QED) is 0.845. The van der Waals surface area contributed by atoms with Crippen LogP contribution in [0.1, 0.15) is 41.9 Å². The van der Waals surface area contributed by atoms with Gasteiger partial charge in [0.15, 0.2) is 0 Å². The number of halogens is 1. The molecule has 0 radical (unpaired) electrons. The minimum Gasteiger partial charge on any atom is -0.316 e. The van der Waals surface area contributed by atoms with Gasteiger partial charge in [-0.05, 0) is 18.9 Å². The molecule has 120 valence electrons. The zero-order valence-electron chi connectivity index (χ0n) is 12.7. The summed E-state index contributed by atoms with van der Waals surface area (Å²) in [5.74, 6) is -0.267. The number of unbranched alkanes of at least 4 members (excludes halogenated alkanes) is 1. The van der Waals surface area contributed by atoms with Crippen LogP contribution in [0.15, 0.2) is 24.3 Å². The van der Waals surface area contributed by atoms with E-state index >= 15 is 0 Å². The van der Waals surface area contributed by atoms with Gasteiger partial charge < -0.3 is 5.73 Å². The van der Waals surface area contributed by atoms with Gasteiger partial charge in [0.25, 0.3) is 0 Å². The van der Waals surface area contributed by atoms with Gasteiger partial charge in [-0.3, -0.25) is 10.1 Å². The van der Waals surface area contributed by atoms with E-state index in [0.29, 0.717) is 5.13 Å². The number of nitrogens with one attached hydrogen (secondary N) is 1. The van der Waals surface area contributed by atoms with Crippen LogP contribution in [0.5, 0.6) is 0 Å². The monoisotopic (exact) mass is 340 g/mol. The van der Waals surface area contributed by atoms with Crippen LogP contribution in [-0.4, -0.2) is 16.1 Å². The number of rotatable bonds is 6. The first-order chi connectivity index (χ1) is 10.1. The molecule has 5 nitrogen and oxygen atoms in total. The molecule has 0 bridgehead atoms. The Balaban J connectivity index is 0.00000242. The zero-order chi connectivity index (χ0) is 15.2. The molecule has 7 heteroatoms. The van der Waals surface area contributed by atoms with Gasteiger partial charge in [0.05, 0.1) is 0 Å². The standard InChI is InChI=1S/C15H20N4OS.ClH/c1-3-4-5-12-18-19-15(21-12)17-14(20)13(16)11-8-6-10(2)7-9-11;/h6-9,13H,3-5,16H2,1-2H3,(H,17,19,20);1H. The van der Waals surface area contributed by atoms with Crippen LogP contribution in [0.4, 0.5) is 5.13 Å². The third-order valence-corrected chi connectivity index (χ3v) is 4.06. The number of hydrogen-bond acceptors (Lipinski definition) is 5. The van der Waals surface area contributed by atoms with Crippen molar-refractivity contribution >= 4 is 34.8 Å². The van der Waals surface area contributed by atoms with Crippen molar-refractivity contribution in [3.8, 4) is 0 Å². The van der Waals surface area contributed by atoms with Crippen molar-refractivity contribution in [1.82, 2.24) is 10.2 Å². The predicted octanol–water partition coefficient (Wildman–Crippen LogP) is 3.25. The van der Waals surface area contributed by atoms with Crippen LogP contribution < -0.4 is 11.1 Å². The van der Waals surface area contributed by atoms with Crippen LogP contribution in [0.3, 0.4) is 0 Å². The molecule has 0 aliphatic carbocycles. The Kier molecular flexibility index (Phi) is 7.44. The molecular formula is C15H21ClN4OS. The number of amides is 1. The van der Waals surface area contributed by atoms with Crippen LogP contribution >= 0.6 is 23.7 Å². The van der Waals surface area contributed by atoms with Crippen molar-refractivity contribution in [3.63, 3.8) is 0 Å². The Labute approximate surface area is 140 Å². The Morgan fingerprint density at radius 2 is 2.00 bits per heavy atom. The van der Waals surface area contributed by atoms with Gasteiger partial charge in [0.1, 0.15) is 11.0 Å². The fourth-order valence-electron chi connectivity index (χ4n) is 1.84. The highest BCUT2D eigenvalue weighted by atomic mass is 35.5. The normalized spacial score (nSPS) is 11.6. The van der Waals surface area contributed by atoms with E-state index in [1.165, 1.54) is 11.3 Å². The van der Waals surface area contributed by atoms with Crippen molar-refractivity contribution in [1.29, 1.82) is 0 Å². The molecule has 1 amide bonds.